The molecule has 0 saturated carbocycles. The Bertz CT molecular complexity index is 925. The lowest BCUT2D eigenvalue weighted by Crippen LogP contribution is -2.47. The quantitative estimate of drug-likeness (QED) is 0.641. The van der Waals surface area contributed by atoms with Crippen LogP contribution in [0.1, 0.15) is 43.4 Å². The molecular weight excluding hydrogens is 412 g/mol. The van der Waals surface area contributed by atoms with Crippen LogP contribution >= 0.6 is 0 Å². The van der Waals surface area contributed by atoms with Crippen LogP contribution in [0.25, 0.3) is 0 Å². The molecule has 1 saturated heterocycles. The molecule has 32 heavy (non-hydrogen) atoms. The molecule has 0 N–H and O–H groups in total. The van der Waals surface area contributed by atoms with Crippen LogP contribution in [-0.4, -0.2) is 53.8 Å². The Morgan fingerprint density at radius 2 is 1.69 bits per heavy atom. The summed E-state index contributed by atoms with van der Waals surface area (Å²) >= 11 is 0. The van der Waals surface area contributed by atoms with Gasteiger partial charge in [0.05, 0.1) is 6.04 Å². The third kappa shape index (κ3) is 5.64. The summed E-state index contributed by atoms with van der Waals surface area (Å²) in [5.74, 6) is -0.906. The molecule has 0 aliphatic carbocycles. The standard InChI is InChI=1S/C25H31F2N3O2/c1-4-23(19-8-10-21(26)11-9-19)30(17-18-6-5-7-22(27)16-18)24(31)20-12-14-29(15-13-20)25(32)28(2)3/h5-11,16,20,23H,4,12-15,17H2,1-3H3. The molecule has 3 rings (SSSR count). The van der Waals surface area contributed by atoms with Crippen LogP contribution in [0.5, 0.6) is 0 Å². The predicted molar refractivity (Wildman–Crippen MR) is 120 cm³/mol. The van der Waals surface area contributed by atoms with Crippen LogP contribution in [0, 0.1) is 17.6 Å². The summed E-state index contributed by atoms with van der Waals surface area (Å²) in [5, 5.41) is 0. The fourth-order valence-electron chi connectivity index (χ4n) is 4.33. The minimum absolute atomic E-state index is 0.0117. The summed E-state index contributed by atoms with van der Waals surface area (Å²) in [7, 11) is 3.43. The summed E-state index contributed by atoms with van der Waals surface area (Å²) in [4.78, 5) is 31.0. The monoisotopic (exact) mass is 443 g/mol. The van der Waals surface area contributed by atoms with E-state index in [0.717, 1.165) is 5.56 Å². The number of benzene rings is 2. The highest BCUT2D eigenvalue weighted by Gasteiger charge is 2.33. The molecule has 1 aliphatic rings. The average molecular weight is 444 g/mol. The van der Waals surface area contributed by atoms with Gasteiger partial charge in [-0.15, -0.1) is 0 Å². The van der Waals surface area contributed by atoms with Crippen molar-refractivity contribution in [1.29, 1.82) is 0 Å². The summed E-state index contributed by atoms with van der Waals surface area (Å²) < 4.78 is 27.3. The third-order valence-electron chi connectivity index (χ3n) is 6.04. The van der Waals surface area contributed by atoms with E-state index in [1.54, 1.807) is 53.1 Å². The van der Waals surface area contributed by atoms with Gasteiger partial charge in [0.25, 0.3) is 0 Å². The van der Waals surface area contributed by atoms with Gasteiger partial charge in [-0.1, -0.05) is 31.2 Å². The first-order valence-electron chi connectivity index (χ1n) is 11.1. The normalized spacial score (nSPS) is 15.3. The van der Waals surface area contributed by atoms with Crippen molar-refractivity contribution in [1.82, 2.24) is 14.7 Å². The van der Waals surface area contributed by atoms with Crippen molar-refractivity contribution in [2.24, 2.45) is 5.92 Å². The Hall–Kier alpha value is -2.96. The first-order chi connectivity index (χ1) is 15.3. The van der Waals surface area contributed by atoms with Gasteiger partial charge in [0, 0.05) is 39.6 Å². The Kier molecular flexibility index (Phi) is 7.83. The SMILES string of the molecule is CCC(c1ccc(F)cc1)N(Cc1cccc(F)c1)C(=O)C1CCN(C(=O)N(C)C)CC1. The lowest BCUT2D eigenvalue weighted by atomic mass is 9.92. The highest BCUT2D eigenvalue weighted by atomic mass is 19.1. The molecule has 1 heterocycles. The van der Waals surface area contributed by atoms with Gasteiger partial charge in [0.15, 0.2) is 0 Å². The molecule has 3 amide bonds. The Morgan fingerprint density at radius 3 is 2.25 bits per heavy atom. The van der Waals surface area contributed by atoms with Gasteiger partial charge in [0.1, 0.15) is 11.6 Å². The van der Waals surface area contributed by atoms with Crippen LogP contribution in [0.4, 0.5) is 13.6 Å². The number of piperidine rings is 1. The van der Waals surface area contributed by atoms with E-state index in [4.69, 9.17) is 0 Å². The average Bonchev–Trinajstić information content (AvgIpc) is 2.79. The van der Waals surface area contributed by atoms with E-state index in [0.29, 0.717) is 37.9 Å². The minimum atomic E-state index is -0.347. The number of hydrogen-bond acceptors (Lipinski definition) is 2. The van der Waals surface area contributed by atoms with Gasteiger partial charge >= 0.3 is 6.03 Å². The zero-order valence-corrected chi connectivity index (χ0v) is 18.9. The Balaban J connectivity index is 1.83. The molecule has 0 radical (unpaired) electrons. The number of urea groups is 1. The number of carbonyl (C=O) groups excluding carboxylic acids is 2. The fraction of sp³-hybridized carbons (Fsp3) is 0.440. The molecule has 0 aromatic heterocycles. The third-order valence-corrected chi connectivity index (χ3v) is 6.04. The lowest BCUT2D eigenvalue weighted by Gasteiger charge is -2.38. The highest BCUT2D eigenvalue weighted by molar-refractivity contribution is 5.80. The van der Waals surface area contributed by atoms with E-state index >= 15 is 0 Å². The molecule has 1 unspecified atom stereocenters. The number of rotatable bonds is 6. The van der Waals surface area contributed by atoms with Crippen molar-refractivity contribution in [3.05, 3.63) is 71.3 Å². The molecule has 0 spiro atoms. The van der Waals surface area contributed by atoms with Crippen LogP contribution in [0.15, 0.2) is 48.5 Å². The highest BCUT2D eigenvalue weighted by Crippen LogP contribution is 2.31. The van der Waals surface area contributed by atoms with E-state index in [2.05, 4.69) is 0 Å². The molecule has 172 valence electrons. The number of likely N-dealkylation sites (tertiary alicyclic amines) is 1. The second-order valence-electron chi connectivity index (χ2n) is 8.51. The summed E-state index contributed by atoms with van der Waals surface area (Å²) in [6.07, 6.45) is 1.81. The fourth-order valence-corrected chi connectivity index (χ4v) is 4.33. The van der Waals surface area contributed by atoms with Crippen molar-refractivity contribution in [2.75, 3.05) is 27.2 Å². The zero-order valence-electron chi connectivity index (χ0n) is 18.9. The van der Waals surface area contributed by atoms with E-state index in [1.807, 2.05) is 6.92 Å². The van der Waals surface area contributed by atoms with Crippen molar-refractivity contribution in [2.45, 2.75) is 38.8 Å². The molecule has 2 aromatic carbocycles. The Morgan fingerprint density at radius 1 is 1.03 bits per heavy atom. The smallest absolute Gasteiger partial charge is 0.319 e. The van der Waals surface area contributed by atoms with Gasteiger partial charge in [-0.3, -0.25) is 4.79 Å². The van der Waals surface area contributed by atoms with Gasteiger partial charge in [-0.2, -0.15) is 0 Å². The molecule has 7 heteroatoms. The largest absolute Gasteiger partial charge is 0.331 e. The lowest BCUT2D eigenvalue weighted by molar-refractivity contribution is -0.140. The van der Waals surface area contributed by atoms with E-state index in [9.17, 15) is 18.4 Å². The summed E-state index contributed by atoms with van der Waals surface area (Å²) in [6, 6.07) is 12.2. The molecule has 1 atom stereocenters. The van der Waals surface area contributed by atoms with Gasteiger partial charge < -0.3 is 14.7 Å². The number of amides is 3. The second-order valence-corrected chi connectivity index (χ2v) is 8.51. The molecule has 2 aromatic rings. The van der Waals surface area contributed by atoms with Gasteiger partial charge in [0.2, 0.25) is 5.91 Å². The van der Waals surface area contributed by atoms with Crippen molar-refractivity contribution < 1.29 is 18.4 Å². The van der Waals surface area contributed by atoms with E-state index < -0.39 is 0 Å². The topological polar surface area (TPSA) is 43.9 Å². The van der Waals surface area contributed by atoms with E-state index in [-0.39, 0.29) is 42.1 Å². The van der Waals surface area contributed by atoms with Gasteiger partial charge in [-0.25, -0.2) is 13.6 Å². The molecule has 5 nitrogen and oxygen atoms in total. The number of halogens is 2. The summed E-state index contributed by atoms with van der Waals surface area (Å²) in [5.41, 5.74) is 1.55. The maximum Gasteiger partial charge on any atom is 0.319 e. The second kappa shape index (κ2) is 10.6. The maximum atomic E-state index is 13.8. The van der Waals surface area contributed by atoms with Crippen LogP contribution in [-0.2, 0) is 11.3 Å². The molecule has 1 fully saturated rings. The van der Waals surface area contributed by atoms with Gasteiger partial charge in [-0.05, 0) is 54.7 Å². The number of nitrogens with zero attached hydrogens (tertiary/aromatic N) is 3. The van der Waals surface area contributed by atoms with Crippen LogP contribution in [0.3, 0.4) is 0 Å². The summed E-state index contributed by atoms with van der Waals surface area (Å²) in [6.45, 7) is 3.30. The minimum Gasteiger partial charge on any atom is -0.331 e. The molecule has 0 bridgehead atoms. The predicted octanol–water partition coefficient (Wildman–Crippen LogP) is 4.84. The first kappa shape index (κ1) is 23.7. The zero-order chi connectivity index (χ0) is 23.3. The van der Waals surface area contributed by atoms with Crippen molar-refractivity contribution >= 4 is 11.9 Å². The van der Waals surface area contributed by atoms with Crippen molar-refractivity contribution in [3.8, 4) is 0 Å². The molecule has 1 aliphatic heterocycles. The van der Waals surface area contributed by atoms with E-state index in [1.165, 1.54) is 24.3 Å². The number of carbonyl (C=O) groups is 2. The number of hydrogen-bond donors (Lipinski definition) is 0. The maximum absolute atomic E-state index is 13.8. The Labute approximate surface area is 188 Å². The molecular formula is C25H31F2N3O2. The van der Waals surface area contributed by atoms with Crippen molar-refractivity contribution in [3.63, 3.8) is 0 Å². The first-order valence-corrected chi connectivity index (χ1v) is 11.1. The van der Waals surface area contributed by atoms with Crippen LogP contribution < -0.4 is 0 Å². The van der Waals surface area contributed by atoms with Crippen LogP contribution in [0.2, 0.25) is 0 Å².